The van der Waals surface area contributed by atoms with Crippen LogP contribution in [0.1, 0.15) is 57.5 Å². The standard InChI is InChI=1S/C29H28ClF3N4O6/c1-28(2,3)42-26(39)35-25(36-27(40)43-29(4,5)6)34-22-17(24(38)16-11-10-15(31)14-18(16)30)12-13-37(41)23(22)21-19(32)8-7-9-20(21)33/h7-14H,1-6H3,(H2,34,35,36,39,40). The highest BCUT2D eigenvalue weighted by Crippen LogP contribution is 2.36. The first-order valence-corrected chi connectivity index (χ1v) is 13.0. The molecule has 0 atom stereocenters. The SMILES string of the molecule is CC(C)(C)OC(=O)NC(=Nc1c(C(=O)c2ccc(F)cc2Cl)cc[n+]([O-])c1-c1c(F)cccc1F)NC(=O)OC(C)(C)C. The van der Waals surface area contributed by atoms with E-state index in [0.717, 1.165) is 48.7 Å². The largest absolute Gasteiger partial charge is 0.618 e. The molecular formula is C29H28ClF3N4O6. The zero-order valence-electron chi connectivity index (χ0n) is 24.0. The lowest BCUT2D eigenvalue weighted by molar-refractivity contribution is -0.593. The van der Waals surface area contributed by atoms with E-state index in [0.29, 0.717) is 0 Å². The molecule has 0 spiro atoms. The van der Waals surface area contributed by atoms with Crippen molar-refractivity contribution in [1.29, 1.82) is 0 Å². The molecule has 0 fully saturated rings. The van der Waals surface area contributed by atoms with Gasteiger partial charge in [0.2, 0.25) is 5.96 Å². The van der Waals surface area contributed by atoms with Crippen molar-refractivity contribution in [1.82, 2.24) is 10.6 Å². The number of amides is 2. The molecule has 0 aliphatic carbocycles. The van der Waals surface area contributed by atoms with Gasteiger partial charge in [-0.15, -0.1) is 0 Å². The van der Waals surface area contributed by atoms with Gasteiger partial charge in [-0.05, 0) is 71.9 Å². The zero-order valence-corrected chi connectivity index (χ0v) is 24.7. The molecule has 2 aromatic carbocycles. The second-order valence-corrected chi connectivity index (χ2v) is 11.4. The number of pyridine rings is 1. The summed E-state index contributed by atoms with van der Waals surface area (Å²) in [6.07, 6.45) is -1.45. The van der Waals surface area contributed by atoms with Gasteiger partial charge in [0.25, 0.3) is 5.69 Å². The Balaban J connectivity index is 2.35. The number of aliphatic imine (C=N–C) groups is 1. The Morgan fingerprint density at radius 2 is 1.40 bits per heavy atom. The van der Waals surface area contributed by atoms with Crippen molar-refractivity contribution in [2.24, 2.45) is 4.99 Å². The van der Waals surface area contributed by atoms with Crippen LogP contribution in [0.25, 0.3) is 11.3 Å². The normalized spacial score (nSPS) is 11.4. The van der Waals surface area contributed by atoms with E-state index in [1.807, 2.05) is 0 Å². The predicted molar refractivity (Wildman–Crippen MR) is 151 cm³/mol. The fourth-order valence-electron chi connectivity index (χ4n) is 3.59. The van der Waals surface area contributed by atoms with E-state index in [1.54, 1.807) is 41.5 Å². The summed E-state index contributed by atoms with van der Waals surface area (Å²) in [5.41, 5.74) is -5.06. The lowest BCUT2D eigenvalue weighted by atomic mass is 9.98. The first kappa shape index (κ1) is 32.9. The zero-order chi connectivity index (χ0) is 32.3. The fourth-order valence-corrected chi connectivity index (χ4v) is 3.85. The Hall–Kier alpha value is -4.65. The number of halogens is 4. The summed E-state index contributed by atoms with van der Waals surface area (Å²) in [5.74, 6) is -4.78. The van der Waals surface area contributed by atoms with Crippen LogP contribution in [0.4, 0.5) is 28.4 Å². The smallest absolute Gasteiger partial charge is 0.414 e. The number of hydrogen-bond donors (Lipinski definition) is 2. The second-order valence-electron chi connectivity index (χ2n) is 11.0. The number of ketones is 1. The lowest BCUT2D eigenvalue weighted by Gasteiger charge is -2.22. The van der Waals surface area contributed by atoms with Crippen molar-refractivity contribution in [3.05, 3.63) is 87.5 Å². The number of alkyl carbamates (subject to hydrolysis) is 2. The Morgan fingerprint density at radius 3 is 1.88 bits per heavy atom. The Kier molecular flexibility index (Phi) is 9.70. The maximum Gasteiger partial charge on any atom is 0.414 e. The van der Waals surface area contributed by atoms with E-state index < -0.39 is 75.1 Å². The summed E-state index contributed by atoms with van der Waals surface area (Å²) in [5, 5.41) is 17.1. The third-order valence-corrected chi connectivity index (χ3v) is 5.47. The predicted octanol–water partition coefficient (Wildman–Crippen LogP) is 6.33. The van der Waals surface area contributed by atoms with Gasteiger partial charge in [0, 0.05) is 11.6 Å². The van der Waals surface area contributed by atoms with Crippen molar-refractivity contribution in [3.8, 4) is 11.3 Å². The minimum atomic E-state index is -1.19. The molecule has 3 rings (SSSR count). The Morgan fingerprint density at radius 1 is 0.860 bits per heavy atom. The van der Waals surface area contributed by atoms with Gasteiger partial charge in [0.05, 0.1) is 10.6 Å². The van der Waals surface area contributed by atoms with Gasteiger partial charge in [0.15, 0.2) is 17.7 Å². The van der Waals surface area contributed by atoms with Crippen molar-refractivity contribution in [2.75, 3.05) is 0 Å². The number of guanidine groups is 1. The molecule has 1 heterocycles. The molecule has 10 nitrogen and oxygen atoms in total. The number of carbonyl (C=O) groups excluding carboxylic acids is 3. The molecule has 0 saturated heterocycles. The van der Waals surface area contributed by atoms with Gasteiger partial charge >= 0.3 is 12.2 Å². The van der Waals surface area contributed by atoms with Crippen LogP contribution in [0.15, 0.2) is 53.7 Å². The number of carbonyl (C=O) groups is 3. The van der Waals surface area contributed by atoms with Gasteiger partial charge in [-0.2, -0.15) is 4.73 Å². The summed E-state index contributed by atoms with van der Waals surface area (Å²) < 4.78 is 54.2. The molecule has 3 aromatic rings. The maximum atomic E-state index is 15.0. The molecule has 0 aliphatic heterocycles. The van der Waals surface area contributed by atoms with Crippen LogP contribution in [0, 0.1) is 22.7 Å². The minimum Gasteiger partial charge on any atom is -0.618 e. The van der Waals surface area contributed by atoms with Gasteiger partial charge in [-0.1, -0.05) is 17.7 Å². The van der Waals surface area contributed by atoms with Crippen molar-refractivity contribution in [2.45, 2.75) is 52.7 Å². The monoisotopic (exact) mass is 620 g/mol. The molecule has 43 heavy (non-hydrogen) atoms. The number of aromatic nitrogens is 1. The fraction of sp³-hybridized carbons (Fsp3) is 0.276. The molecular weight excluding hydrogens is 593 g/mol. The topological polar surface area (TPSA) is 133 Å². The quantitative estimate of drug-likeness (QED) is 0.115. The minimum absolute atomic E-state index is 0.0436. The van der Waals surface area contributed by atoms with Crippen molar-refractivity contribution in [3.63, 3.8) is 0 Å². The van der Waals surface area contributed by atoms with Crippen LogP contribution < -0.4 is 15.4 Å². The van der Waals surface area contributed by atoms with E-state index >= 15 is 8.78 Å². The molecule has 0 saturated carbocycles. The number of nitrogens with one attached hydrogen (secondary N) is 2. The summed E-state index contributed by atoms with van der Waals surface area (Å²) in [6, 6.07) is 6.66. The number of hydrogen-bond acceptors (Lipinski definition) is 7. The first-order valence-electron chi connectivity index (χ1n) is 12.7. The molecule has 0 bridgehead atoms. The molecule has 0 unspecified atom stereocenters. The summed E-state index contributed by atoms with van der Waals surface area (Å²) >= 11 is 6.10. The van der Waals surface area contributed by atoms with Gasteiger partial charge in [-0.3, -0.25) is 15.4 Å². The molecule has 0 aliphatic rings. The molecule has 0 radical (unpaired) electrons. The highest BCUT2D eigenvalue weighted by Gasteiger charge is 2.31. The van der Waals surface area contributed by atoms with E-state index in [-0.39, 0.29) is 15.3 Å². The van der Waals surface area contributed by atoms with E-state index in [4.69, 9.17) is 21.1 Å². The summed E-state index contributed by atoms with van der Waals surface area (Å²) in [7, 11) is 0. The lowest BCUT2D eigenvalue weighted by Crippen LogP contribution is -2.47. The first-order chi connectivity index (χ1) is 19.9. The van der Waals surface area contributed by atoms with Crippen LogP contribution >= 0.6 is 11.6 Å². The average Bonchev–Trinajstić information content (AvgIpc) is 2.82. The highest BCUT2D eigenvalue weighted by molar-refractivity contribution is 6.35. The number of benzene rings is 2. The van der Waals surface area contributed by atoms with E-state index in [9.17, 15) is 24.0 Å². The Labute approximate surface area is 250 Å². The van der Waals surface area contributed by atoms with Gasteiger partial charge in [0.1, 0.15) is 34.2 Å². The van der Waals surface area contributed by atoms with Gasteiger partial charge < -0.3 is 14.7 Å². The summed E-state index contributed by atoms with van der Waals surface area (Å²) in [6.45, 7) is 9.36. The van der Waals surface area contributed by atoms with Crippen LogP contribution in [0.3, 0.4) is 0 Å². The molecule has 2 N–H and O–H groups in total. The summed E-state index contributed by atoms with van der Waals surface area (Å²) in [4.78, 5) is 43.1. The maximum absolute atomic E-state index is 15.0. The van der Waals surface area contributed by atoms with Crippen LogP contribution in [-0.4, -0.2) is 35.1 Å². The molecule has 228 valence electrons. The number of ether oxygens (including phenoxy) is 2. The molecule has 2 amide bonds. The molecule has 1 aromatic heterocycles. The second kappa shape index (κ2) is 12.7. The van der Waals surface area contributed by atoms with Crippen LogP contribution in [-0.2, 0) is 9.47 Å². The number of nitrogens with zero attached hydrogens (tertiary/aromatic N) is 2. The van der Waals surface area contributed by atoms with Crippen LogP contribution in [0.5, 0.6) is 0 Å². The van der Waals surface area contributed by atoms with Crippen LogP contribution in [0.2, 0.25) is 5.02 Å². The van der Waals surface area contributed by atoms with Crippen molar-refractivity contribution >= 4 is 41.2 Å². The van der Waals surface area contributed by atoms with Gasteiger partial charge in [-0.25, -0.2) is 27.8 Å². The third kappa shape index (κ3) is 8.67. The Bertz CT molecular complexity index is 1560. The third-order valence-electron chi connectivity index (χ3n) is 5.16. The van der Waals surface area contributed by atoms with E-state index in [1.165, 1.54) is 0 Å². The van der Waals surface area contributed by atoms with Crippen molar-refractivity contribution < 1.29 is 41.8 Å². The number of rotatable bonds is 4. The average molecular weight is 621 g/mol. The highest BCUT2D eigenvalue weighted by atomic mass is 35.5. The molecule has 14 heteroatoms. The van der Waals surface area contributed by atoms with E-state index in [2.05, 4.69) is 15.6 Å².